The van der Waals surface area contributed by atoms with E-state index in [4.69, 9.17) is 11.6 Å². The van der Waals surface area contributed by atoms with Crippen LogP contribution in [0.3, 0.4) is 0 Å². The van der Waals surface area contributed by atoms with Gasteiger partial charge < -0.3 is 15.5 Å². The third kappa shape index (κ3) is 5.73. The van der Waals surface area contributed by atoms with E-state index in [1.165, 1.54) is 0 Å². The molecule has 0 atom stereocenters. The third-order valence-electron chi connectivity index (χ3n) is 4.23. The van der Waals surface area contributed by atoms with Crippen LogP contribution in [0.25, 0.3) is 0 Å². The summed E-state index contributed by atoms with van der Waals surface area (Å²) in [6.45, 7) is 9.04. The molecule has 0 bridgehead atoms. The molecule has 2 amide bonds. The zero-order valence-electron chi connectivity index (χ0n) is 16.2. The summed E-state index contributed by atoms with van der Waals surface area (Å²) in [6.07, 6.45) is 0. The molecule has 0 unspecified atom stereocenters. The number of hydrogen-bond donors (Lipinski definition) is 2. The summed E-state index contributed by atoms with van der Waals surface area (Å²) in [4.78, 5) is 26.6. The molecule has 0 radical (unpaired) electrons. The van der Waals surface area contributed by atoms with Gasteiger partial charge in [-0.3, -0.25) is 9.59 Å². The van der Waals surface area contributed by atoms with Crippen molar-refractivity contribution >= 4 is 34.8 Å². The van der Waals surface area contributed by atoms with Crippen LogP contribution in [0.1, 0.15) is 36.7 Å². The average molecular weight is 388 g/mol. The fourth-order valence-electron chi connectivity index (χ4n) is 2.83. The van der Waals surface area contributed by atoms with Gasteiger partial charge in [0.15, 0.2) is 0 Å². The van der Waals surface area contributed by atoms with Crippen LogP contribution in [-0.2, 0) is 4.79 Å². The van der Waals surface area contributed by atoms with Gasteiger partial charge in [-0.15, -0.1) is 0 Å². The smallest absolute Gasteiger partial charge is 0.251 e. The Bertz CT molecular complexity index is 804. The highest BCUT2D eigenvalue weighted by molar-refractivity contribution is 6.33. The van der Waals surface area contributed by atoms with Crippen molar-refractivity contribution < 1.29 is 9.59 Å². The number of carbonyl (C=O) groups is 2. The number of aryl methyl sites for hydroxylation is 1. The van der Waals surface area contributed by atoms with Gasteiger partial charge in [-0.1, -0.05) is 17.7 Å². The van der Waals surface area contributed by atoms with Gasteiger partial charge in [0.1, 0.15) is 0 Å². The lowest BCUT2D eigenvalue weighted by molar-refractivity contribution is -0.115. The molecule has 5 nitrogen and oxygen atoms in total. The molecule has 2 aromatic carbocycles. The lowest BCUT2D eigenvalue weighted by atomic mass is 10.1. The molecule has 0 saturated heterocycles. The highest BCUT2D eigenvalue weighted by Crippen LogP contribution is 2.22. The van der Waals surface area contributed by atoms with Crippen LogP contribution >= 0.6 is 11.6 Å². The molecule has 27 heavy (non-hydrogen) atoms. The number of halogens is 1. The maximum absolute atomic E-state index is 12.3. The van der Waals surface area contributed by atoms with Crippen LogP contribution in [-0.4, -0.2) is 30.9 Å². The van der Waals surface area contributed by atoms with E-state index in [1.54, 1.807) is 24.3 Å². The van der Waals surface area contributed by atoms with Crippen LogP contribution in [0.4, 0.5) is 11.4 Å². The Balaban J connectivity index is 1.92. The lowest BCUT2D eigenvalue weighted by Crippen LogP contribution is -2.33. The number of rotatable bonds is 7. The van der Waals surface area contributed by atoms with Crippen molar-refractivity contribution in [1.29, 1.82) is 0 Å². The van der Waals surface area contributed by atoms with E-state index in [0.717, 1.165) is 17.8 Å². The summed E-state index contributed by atoms with van der Waals surface area (Å²) in [6, 6.07) is 13.1. The van der Waals surface area contributed by atoms with E-state index in [2.05, 4.69) is 36.3 Å². The standard InChI is InChI=1S/C21H26ClN3O2/c1-5-25(14(2)3)17-9-7-16(8-10-17)21(27)23-13-20(26)24-19-11-6-15(4)12-18(19)22/h6-12,14H,5,13H2,1-4H3,(H,23,27)(H,24,26). The Labute approximate surface area is 165 Å². The zero-order chi connectivity index (χ0) is 20.0. The molecule has 0 aliphatic heterocycles. The van der Waals surface area contributed by atoms with Gasteiger partial charge in [-0.2, -0.15) is 0 Å². The van der Waals surface area contributed by atoms with Gasteiger partial charge in [0, 0.05) is 23.8 Å². The first kappa shape index (κ1) is 20.8. The molecule has 0 aliphatic rings. The van der Waals surface area contributed by atoms with E-state index < -0.39 is 0 Å². The minimum absolute atomic E-state index is 0.127. The Morgan fingerprint density at radius 1 is 1.11 bits per heavy atom. The Hall–Kier alpha value is -2.53. The molecule has 0 saturated carbocycles. The van der Waals surface area contributed by atoms with Crippen molar-refractivity contribution in [2.75, 3.05) is 23.3 Å². The van der Waals surface area contributed by atoms with Crippen molar-refractivity contribution in [3.05, 3.63) is 58.6 Å². The highest BCUT2D eigenvalue weighted by atomic mass is 35.5. The van der Waals surface area contributed by atoms with Crippen LogP contribution in [0.15, 0.2) is 42.5 Å². The number of amides is 2. The minimum atomic E-state index is -0.331. The summed E-state index contributed by atoms with van der Waals surface area (Å²) >= 11 is 6.10. The molecule has 2 aromatic rings. The number of benzene rings is 2. The molecule has 0 aromatic heterocycles. The van der Waals surface area contributed by atoms with Crippen molar-refractivity contribution in [3.63, 3.8) is 0 Å². The predicted octanol–water partition coefficient (Wildman–Crippen LogP) is 4.25. The first-order valence-electron chi connectivity index (χ1n) is 9.02. The Kier molecular flexibility index (Phi) is 7.25. The molecule has 2 N–H and O–H groups in total. The predicted molar refractivity (Wildman–Crippen MR) is 112 cm³/mol. The fourth-order valence-corrected chi connectivity index (χ4v) is 3.11. The van der Waals surface area contributed by atoms with Gasteiger partial charge in [-0.25, -0.2) is 0 Å². The summed E-state index contributed by atoms with van der Waals surface area (Å²) in [5.41, 5.74) is 3.11. The Morgan fingerprint density at radius 3 is 2.33 bits per heavy atom. The van der Waals surface area contributed by atoms with Crippen molar-refractivity contribution in [3.8, 4) is 0 Å². The van der Waals surface area contributed by atoms with E-state index in [0.29, 0.717) is 22.3 Å². The van der Waals surface area contributed by atoms with Crippen molar-refractivity contribution in [1.82, 2.24) is 5.32 Å². The first-order valence-corrected chi connectivity index (χ1v) is 9.40. The number of hydrogen-bond acceptors (Lipinski definition) is 3. The number of nitrogens with zero attached hydrogens (tertiary/aromatic N) is 1. The van der Waals surface area contributed by atoms with Crippen LogP contribution in [0, 0.1) is 6.92 Å². The zero-order valence-corrected chi connectivity index (χ0v) is 16.9. The number of anilines is 2. The second-order valence-corrected chi connectivity index (χ2v) is 7.05. The largest absolute Gasteiger partial charge is 0.369 e. The molecule has 144 valence electrons. The quantitative estimate of drug-likeness (QED) is 0.746. The molecular formula is C21H26ClN3O2. The van der Waals surface area contributed by atoms with E-state index in [1.807, 2.05) is 25.1 Å². The summed E-state index contributed by atoms with van der Waals surface area (Å²) in [5.74, 6) is -0.623. The Morgan fingerprint density at radius 2 is 1.78 bits per heavy atom. The average Bonchev–Trinajstić information content (AvgIpc) is 2.63. The van der Waals surface area contributed by atoms with Gasteiger partial charge >= 0.3 is 0 Å². The van der Waals surface area contributed by atoms with E-state index in [-0.39, 0.29) is 18.4 Å². The number of carbonyl (C=O) groups excluding carboxylic acids is 2. The molecule has 2 rings (SSSR count). The van der Waals surface area contributed by atoms with Gasteiger partial charge in [0.25, 0.3) is 5.91 Å². The van der Waals surface area contributed by atoms with Crippen LogP contribution in [0.2, 0.25) is 5.02 Å². The first-order chi connectivity index (χ1) is 12.8. The van der Waals surface area contributed by atoms with E-state index >= 15 is 0 Å². The number of nitrogens with one attached hydrogen (secondary N) is 2. The molecule has 0 spiro atoms. The lowest BCUT2D eigenvalue weighted by Gasteiger charge is -2.27. The SMILES string of the molecule is CCN(c1ccc(C(=O)NCC(=O)Nc2ccc(C)cc2Cl)cc1)C(C)C. The van der Waals surface area contributed by atoms with Crippen LogP contribution < -0.4 is 15.5 Å². The fraction of sp³-hybridized carbons (Fsp3) is 0.333. The van der Waals surface area contributed by atoms with Crippen LogP contribution in [0.5, 0.6) is 0 Å². The molecule has 6 heteroatoms. The normalized spacial score (nSPS) is 10.6. The molecule has 0 fully saturated rings. The summed E-state index contributed by atoms with van der Waals surface area (Å²) in [7, 11) is 0. The molecule has 0 heterocycles. The highest BCUT2D eigenvalue weighted by Gasteiger charge is 2.12. The van der Waals surface area contributed by atoms with Crippen molar-refractivity contribution in [2.24, 2.45) is 0 Å². The van der Waals surface area contributed by atoms with Crippen molar-refractivity contribution in [2.45, 2.75) is 33.7 Å². The maximum atomic E-state index is 12.3. The summed E-state index contributed by atoms with van der Waals surface area (Å²) < 4.78 is 0. The second-order valence-electron chi connectivity index (χ2n) is 6.64. The van der Waals surface area contributed by atoms with Gasteiger partial charge in [0.05, 0.1) is 17.3 Å². The minimum Gasteiger partial charge on any atom is -0.369 e. The monoisotopic (exact) mass is 387 g/mol. The topological polar surface area (TPSA) is 61.4 Å². The van der Waals surface area contributed by atoms with Gasteiger partial charge in [-0.05, 0) is 69.7 Å². The second kappa shape index (κ2) is 9.42. The maximum Gasteiger partial charge on any atom is 0.251 e. The molecule has 0 aliphatic carbocycles. The van der Waals surface area contributed by atoms with E-state index in [9.17, 15) is 9.59 Å². The third-order valence-corrected chi connectivity index (χ3v) is 4.55. The summed E-state index contributed by atoms with van der Waals surface area (Å²) in [5, 5.41) is 5.79. The van der Waals surface area contributed by atoms with Gasteiger partial charge in [0.2, 0.25) is 5.91 Å². The molecular weight excluding hydrogens is 362 g/mol.